The number of hydrogen-bond acceptors (Lipinski definition) is 5. The minimum absolute atomic E-state index is 0.0704. The normalized spacial score (nSPS) is 14.0. The van der Waals surface area contributed by atoms with Crippen LogP contribution in [0.3, 0.4) is 0 Å². The Morgan fingerprint density at radius 3 is 2.13 bits per heavy atom. The van der Waals surface area contributed by atoms with Gasteiger partial charge in [-0.05, 0) is 49.2 Å². The van der Waals surface area contributed by atoms with Crippen molar-refractivity contribution in [2.45, 2.75) is 37.2 Å². The molecule has 2 atom stereocenters. The zero-order valence-corrected chi connectivity index (χ0v) is 19.9. The number of sulfone groups is 1. The molecule has 0 bridgehead atoms. The van der Waals surface area contributed by atoms with E-state index in [1.54, 1.807) is 26.0 Å². The van der Waals surface area contributed by atoms with E-state index in [0.29, 0.717) is 5.56 Å². The Hall–Kier alpha value is -2.17. The van der Waals surface area contributed by atoms with Crippen molar-refractivity contribution in [3.8, 4) is 0 Å². The van der Waals surface area contributed by atoms with Gasteiger partial charge in [-0.3, -0.25) is 9.10 Å². The van der Waals surface area contributed by atoms with E-state index in [9.17, 15) is 26.0 Å². The van der Waals surface area contributed by atoms with Gasteiger partial charge in [0.25, 0.3) is 0 Å². The fraction of sp³-hybridized carbons (Fsp3) is 0.350. The zero-order valence-electron chi connectivity index (χ0n) is 17.5. The molecule has 2 aromatic carbocycles. The summed E-state index contributed by atoms with van der Waals surface area (Å²) in [7, 11) is -7.25. The van der Waals surface area contributed by atoms with Crippen LogP contribution in [-0.4, -0.2) is 41.3 Å². The minimum Gasteiger partial charge on any atom is -0.348 e. The first-order chi connectivity index (χ1) is 14.3. The summed E-state index contributed by atoms with van der Waals surface area (Å²) in [5, 5.41) is 2.49. The zero-order chi connectivity index (χ0) is 23.6. The lowest BCUT2D eigenvalue weighted by Crippen LogP contribution is -2.49. The van der Waals surface area contributed by atoms with E-state index in [0.717, 1.165) is 28.9 Å². The molecule has 11 heteroatoms. The predicted molar refractivity (Wildman–Crippen MR) is 119 cm³/mol. The lowest BCUT2D eigenvalue weighted by Gasteiger charge is -2.31. The fourth-order valence-corrected chi connectivity index (χ4v) is 5.09. The van der Waals surface area contributed by atoms with E-state index in [2.05, 4.69) is 5.32 Å². The quantitative estimate of drug-likeness (QED) is 0.611. The molecular formula is C20H24ClFN2O5S2. The molecule has 0 heterocycles. The minimum atomic E-state index is -3.90. The van der Waals surface area contributed by atoms with Crippen LogP contribution in [0.2, 0.25) is 5.02 Å². The van der Waals surface area contributed by atoms with E-state index in [1.165, 1.54) is 18.2 Å². The third kappa shape index (κ3) is 6.18. The number of nitrogens with one attached hydrogen (secondary N) is 1. The van der Waals surface area contributed by atoms with Crippen molar-refractivity contribution >= 4 is 43.1 Å². The maximum atomic E-state index is 13.5. The smallest absolute Gasteiger partial charge is 0.244 e. The molecule has 0 unspecified atom stereocenters. The average Bonchev–Trinajstić information content (AvgIpc) is 2.66. The molecule has 0 aromatic heterocycles. The predicted octanol–water partition coefficient (Wildman–Crippen LogP) is 3.30. The van der Waals surface area contributed by atoms with Crippen LogP contribution in [0.5, 0.6) is 0 Å². The Morgan fingerprint density at radius 1 is 1.10 bits per heavy atom. The van der Waals surface area contributed by atoms with Gasteiger partial charge in [0.1, 0.15) is 11.9 Å². The molecular weight excluding hydrogens is 467 g/mol. The number of carbonyl (C=O) groups excluding carboxylic acids is 1. The second kappa shape index (κ2) is 9.54. The van der Waals surface area contributed by atoms with Crippen LogP contribution < -0.4 is 9.62 Å². The lowest BCUT2D eigenvalue weighted by atomic mass is 10.1. The number of carbonyl (C=O) groups is 1. The third-order valence-corrected chi connectivity index (χ3v) is 7.25. The SMILES string of the molecule is CC[C@@H](C(=O)N[C@H](C)c1ccc(S(C)(=O)=O)cc1)N(c1ccc(F)c(Cl)c1)S(C)(=O)=O. The van der Waals surface area contributed by atoms with E-state index in [1.807, 2.05) is 0 Å². The highest BCUT2D eigenvalue weighted by molar-refractivity contribution is 7.92. The van der Waals surface area contributed by atoms with Gasteiger partial charge in [-0.2, -0.15) is 0 Å². The second-order valence-electron chi connectivity index (χ2n) is 7.15. The summed E-state index contributed by atoms with van der Waals surface area (Å²) in [6.07, 6.45) is 2.20. The largest absolute Gasteiger partial charge is 0.348 e. The van der Waals surface area contributed by atoms with Crippen molar-refractivity contribution in [1.82, 2.24) is 5.32 Å². The van der Waals surface area contributed by atoms with Crippen LogP contribution in [0.25, 0.3) is 0 Å². The third-order valence-electron chi connectivity index (χ3n) is 4.65. The monoisotopic (exact) mass is 490 g/mol. The molecule has 2 rings (SSSR count). The van der Waals surface area contributed by atoms with Crippen LogP contribution in [0.15, 0.2) is 47.4 Å². The Bertz CT molecular complexity index is 1170. The summed E-state index contributed by atoms with van der Waals surface area (Å²) in [6, 6.07) is 7.84. The summed E-state index contributed by atoms with van der Waals surface area (Å²) in [5.41, 5.74) is 0.715. The van der Waals surface area contributed by atoms with Crippen molar-refractivity contribution in [3.05, 3.63) is 58.9 Å². The molecule has 170 valence electrons. The van der Waals surface area contributed by atoms with Gasteiger partial charge < -0.3 is 5.32 Å². The molecule has 1 amide bonds. The fourth-order valence-electron chi connectivity index (χ4n) is 3.08. The molecule has 0 aliphatic heterocycles. The van der Waals surface area contributed by atoms with Crippen molar-refractivity contribution in [1.29, 1.82) is 0 Å². The molecule has 2 aromatic rings. The summed E-state index contributed by atoms with van der Waals surface area (Å²) in [4.78, 5) is 13.1. The maximum Gasteiger partial charge on any atom is 0.244 e. The molecule has 0 aliphatic carbocycles. The topological polar surface area (TPSA) is 101 Å². The highest BCUT2D eigenvalue weighted by Crippen LogP contribution is 2.27. The lowest BCUT2D eigenvalue weighted by molar-refractivity contribution is -0.122. The molecule has 0 saturated carbocycles. The summed E-state index contributed by atoms with van der Waals surface area (Å²) in [5.74, 6) is -1.27. The van der Waals surface area contributed by atoms with Gasteiger partial charge in [0.2, 0.25) is 15.9 Å². The van der Waals surface area contributed by atoms with Crippen LogP contribution in [0, 0.1) is 5.82 Å². The molecule has 7 nitrogen and oxygen atoms in total. The Labute approximate surface area is 187 Å². The number of nitrogens with zero attached hydrogens (tertiary/aromatic N) is 1. The van der Waals surface area contributed by atoms with Crippen LogP contribution in [0.4, 0.5) is 10.1 Å². The van der Waals surface area contributed by atoms with Gasteiger partial charge in [-0.15, -0.1) is 0 Å². The summed E-state index contributed by atoms with van der Waals surface area (Å²) in [6.45, 7) is 3.35. The molecule has 0 spiro atoms. The Morgan fingerprint density at radius 2 is 1.68 bits per heavy atom. The molecule has 31 heavy (non-hydrogen) atoms. The van der Waals surface area contributed by atoms with Gasteiger partial charge in [-0.25, -0.2) is 21.2 Å². The van der Waals surface area contributed by atoms with Crippen LogP contribution in [-0.2, 0) is 24.7 Å². The number of sulfonamides is 1. The number of benzene rings is 2. The van der Waals surface area contributed by atoms with E-state index < -0.39 is 43.7 Å². The first kappa shape index (κ1) is 25.1. The standard InChI is InChI=1S/C20H24ClFN2O5S2/c1-5-19(24(31(4,28)29)15-8-11-18(22)17(21)12-15)20(25)23-13(2)14-6-9-16(10-7-14)30(3,26)27/h6-13,19H,5H2,1-4H3,(H,23,25)/t13-,19+/m1/s1. The second-order valence-corrected chi connectivity index (χ2v) is 11.4. The van der Waals surface area contributed by atoms with E-state index >= 15 is 0 Å². The number of hydrogen-bond donors (Lipinski definition) is 1. The first-order valence-corrected chi connectivity index (χ1v) is 13.4. The van der Waals surface area contributed by atoms with Gasteiger partial charge in [0.15, 0.2) is 9.84 Å². The molecule has 0 radical (unpaired) electrons. The average molecular weight is 491 g/mol. The van der Waals surface area contributed by atoms with Crippen LogP contribution >= 0.6 is 11.6 Å². The molecule has 1 N–H and O–H groups in total. The Kier molecular flexibility index (Phi) is 7.72. The van der Waals surface area contributed by atoms with Gasteiger partial charge in [0.05, 0.1) is 27.9 Å². The molecule has 0 saturated heterocycles. The molecule has 0 aliphatic rings. The van der Waals surface area contributed by atoms with Gasteiger partial charge in [-0.1, -0.05) is 30.7 Å². The number of rotatable bonds is 8. The van der Waals surface area contributed by atoms with Crippen LogP contribution in [0.1, 0.15) is 31.9 Å². The number of halogens is 2. The van der Waals surface area contributed by atoms with Crippen molar-refractivity contribution in [2.24, 2.45) is 0 Å². The highest BCUT2D eigenvalue weighted by Gasteiger charge is 2.32. The van der Waals surface area contributed by atoms with Gasteiger partial charge in [0, 0.05) is 6.26 Å². The highest BCUT2D eigenvalue weighted by atomic mass is 35.5. The summed E-state index contributed by atoms with van der Waals surface area (Å²) >= 11 is 5.80. The molecule has 0 fully saturated rings. The van der Waals surface area contributed by atoms with E-state index in [-0.39, 0.29) is 22.0 Å². The van der Waals surface area contributed by atoms with Crippen molar-refractivity contribution < 1.29 is 26.0 Å². The van der Waals surface area contributed by atoms with Crippen molar-refractivity contribution in [3.63, 3.8) is 0 Å². The van der Waals surface area contributed by atoms with Crippen molar-refractivity contribution in [2.75, 3.05) is 16.8 Å². The van der Waals surface area contributed by atoms with Gasteiger partial charge >= 0.3 is 0 Å². The number of amides is 1. The van der Waals surface area contributed by atoms with E-state index in [4.69, 9.17) is 11.6 Å². The number of anilines is 1. The summed E-state index contributed by atoms with van der Waals surface area (Å²) < 4.78 is 62.6. The Balaban J connectivity index is 2.32. The maximum absolute atomic E-state index is 13.5. The first-order valence-electron chi connectivity index (χ1n) is 9.30.